The first-order valence-electron chi connectivity index (χ1n) is 11.0. The molecule has 0 unspecified atom stereocenters. The number of benzene rings is 1. The van der Waals surface area contributed by atoms with Crippen molar-refractivity contribution in [3.8, 4) is 0 Å². The molecule has 1 fully saturated rings. The molecule has 1 saturated heterocycles. The quantitative estimate of drug-likeness (QED) is 0.520. The molecule has 1 aliphatic rings. The summed E-state index contributed by atoms with van der Waals surface area (Å²) in [5.41, 5.74) is 2.65. The molecule has 0 saturated carbocycles. The highest BCUT2D eigenvalue weighted by molar-refractivity contribution is 7.89. The van der Waals surface area contributed by atoms with E-state index in [4.69, 9.17) is 0 Å². The standard InChI is InChI=1S/C23H30N6O3S/c1-26(2)33(31,32)19-6-7-21-20(15-19)25-22(27(21)3)8-9-23(30)29-13-11-28(12-14-29)17-18-5-4-10-24-16-18/h4-7,10,15-16H,8-9,11-14,17H2,1-3H3. The lowest BCUT2D eigenvalue weighted by Crippen LogP contribution is -2.48. The minimum absolute atomic E-state index is 0.124. The number of sulfonamides is 1. The largest absolute Gasteiger partial charge is 0.340 e. The van der Waals surface area contributed by atoms with Gasteiger partial charge in [0.15, 0.2) is 0 Å². The summed E-state index contributed by atoms with van der Waals surface area (Å²) in [6.45, 7) is 3.97. The van der Waals surface area contributed by atoms with E-state index in [0.29, 0.717) is 31.4 Å². The molecule has 33 heavy (non-hydrogen) atoms. The zero-order valence-corrected chi connectivity index (χ0v) is 20.1. The monoisotopic (exact) mass is 470 g/mol. The van der Waals surface area contributed by atoms with Crippen molar-refractivity contribution < 1.29 is 13.2 Å². The first-order chi connectivity index (χ1) is 15.8. The molecule has 0 radical (unpaired) electrons. The number of pyridine rings is 1. The van der Waals surface area contributed by atoms with Crippen LogP contribution in [0.3, 0.4) is 0 Å². The molecule has 3 heterocycles. The summed E-state index contributed by atoms with van der Waals surface area (Å²) in [4.78, 5) is 26.1. The Balaban J connectivity index is 1.35. The summed E-state index contributed by atoms with van der Waals surface area (Å²) >= 11 is 0. The Morgan fingerprint density at radius 3 is 2.55 bits per heavy atom. The zero-order chi connectivity index (χ0) is 23.6. The highest BCUT2D eigenvalue weighted by Crippen LogP contribution is 2.22. The molecule has 4 rings (SSSR count). The van der Waals surface area contributed by atoms with Crippen LogP contribution in [0.25, 0.3) is 11.0 Å². The van der Waals surface area contributed by atoms with Crippen molar-refractivity contribution in [3.63, 3.8) is 0 Å². The Labute approximate surface area is 194 Å². The molecule has 0 atom stereocenters. The van der Waals surface area contributed by atoms with Gasteiger partial charge in [0.05, 0.1) is 15.9 Å². The second-order valence-electron chi connectivity index (χ2n) is 8.54. The molecule has 2 aromatic heterocycles. The van der Waals surface area contributed by atoms with Crippen LogP contribution < -0.4 is 0 Å². The van der Waals surface area contributed by atoms with E-state index in [9.17, 15) is 13.2 Å². The van der Waals surface area contributed by atoms with Gasteiger partial charge in [-0.15, -0.1) is 0 Å². The molecule has 0 aliphatic carbocycles. The average molecular weight is 471 g/mol. The molecular formula is C23H30N6O3S. The molecule has 176 valence electrons. The van der Waals surface area contributed by atoms with Crippen molar-refractivity contribution in [1.82, 2.24) is 28.6 Å². The van der Waals surface area contributed by atoms with E-state index in [2.05, 4.69) is 20.9 Å². The van der Waals surface area contributed by atoms with Crippen LogP contribution >= 0.6 is 0 Å². The van der Waals surface area contributed by atoms with Crippen LogP contribution in [0.5, 0.6) is 0 Å². The van der Waals surface area contributed by atoms with E-state index in [-0.39, 0.29) is 10.8 Å². The van der Waals surface area contributed by atoms with Crippen molar-refractivity contribution in [1.29, 1.82) is 0 Å². The number of amides is 1. The number of fused-ring (bicyclic) bond motifs is 1. The summed E-state index contributed by atoms with van der Waals surface area (Å²) in [5.74, 6) is 0.895. The smallest absolute Gasteiger partial charge is 0.242 e. The van der Waals surface area contributed by atoms with Crippen LogP contribution in [-0.4, -0.2) is 83.2 Å². The van der Waals surface area contributed by atoms with Crippen LogP contribution in [0.4, 0.5) is 0 Å². The van der Waals surface area contributed by atoms with Crippen molar-refractivity contribution in [3.05, 3.63) is 54.1 Å². The topological polar surface area (TPSA) is 91.6 Å². The van der Waals surface area contributed by atoms with Gasteiger partial charge in [-0.25, -0.2) is 17.7 Å². The van der Waals surface area contributed by atoms with Gasteiger partial charge < -0.3 is 9.47 Å². The lowest BCUT2D eigenvalue weighted by atomic mass is 10.2. The molecule has 1 aliphatic heterocycles. The first kappa shape index (κ1) is 23.3. The second-order valence-corrected chi connectivity index (χ2v) is 10.7. The zero-order valence-electron chi connectivity index (χ0n) is 19.3. The minimum atomic E-state index is -3.52. The molecule has 1 aromatic carbocycles. The molecule has 1 amide bonds. The van der Waals surface area contributed by atoms with Gasteiger partial charge in [0, 0.05) is 79.1 Å². The van der Waals surface area contributed by atoms with E-state index in [1.54, 1.807) is 24.4 Å². The van der Waals surface area contributed by atoms with Crippen molar-refractivity contribution in [2.45, 2.75) is 24.3 Å². The van der Waals surface area contributed by atoms with E-state index in [1.165, 1.54) is 24.0 Å². The number of piperazine rings is 1. The van der Waals surface area contributed by atoms with E-state index in [0.717, 1.165) is 31.0 Å². The predicted octanol–water partition coefficient (Wildman–Crippen LogP) is 1.50. The summed E-state index contributed by atoms with van der Waals surface area (Å²) in [6, 6.07) is 8.97. The number of hydrogen-bond donors (Lipinski definition) is 0. The number of aryl methyl sites for hydroxylation is 2. The molecule has 0 bridgehead atoms. The highest BCUT2D eigenvalue weighted by atomic mass is 32.2. The third-order valence-electron chi connectivity index (χ3n) is 6.14. The lowest BCUT2D eigenvalue weighted by molar-refractivity contribution is -0.133. The van der Waals surface area contributed by atoms with Gasteiger partial charge in [-0.2, -0.15) is 0 Å². The van der Waals surface area contributed by atoms with Gasteiger partial charge in [-0.05, 0) is 29.8 Å². The number of nitrogens with zero attached hydrogens (tertiary/aromatic N) is 6. The third-order valence-corrected chi connectivity index (χ3v) is 7.95. The summed E-state index contributed by atoms with van der Waals surface area (Å²) in [7, 11) is 1.39. The van der Waals surface area contributed by atoms with E-state index in [1.807, 2.05) is 28.8 Å². The molecule has 0 N–H and O–H groups in total. The maximum Gasteiger partial charge on any atom is 0.242 e. The number of rotatable bonds is 7. The maximum atomic E-state index is 12.8. The fraction of sp³-hybridized carbons (Fsp3) is 0.435. The highest BCUT2D eigenvalue weighted by Gasteiger charge is 2.22. The summed E-state index contributed by atoms with van der Waals surface area (Å²) in [5, 5.41) is 0. The van der Waals surface area contributed by atoms with Gasteiger partial charge in [-0.3, -0.25) is 14.7 Å². The van der Waals surface area contributed by atoms with Crippen molar-refractivity contribution in [2.75, 3.05) is 40.3 Å². The lowest BCUT2D eigenvalue weighted by Gasteiger charge is -2.34. The van der Waals surface area contributed by atoms with Crippen LogP contribution in [0.2, 0.25) is 0 Å². The number of aromatic nitrogens is 3. The van der Waals surface area contributed by atoms with E-state index < -0.39 is 10.0 Å². The van der Waals surface area contributed by atoms with Gasteiger partial charge >= 0.3 is 0 Å². The SMILES string of the molecule is CN(C)S(=O)(=O)c1ccc2c(c1)nc(CCC(=O)N1CCN(Cc3cccnc3)CC1)n2C. The molecule has 0 spiro atoms. The Bertz CT molecular complexity index is 1230. The Kier molecular flexibility index (Phi) is 6.78. The maximum absolute atomic E-state index is 12.8. The second kappa shape index (κ2) is 9.58. The van der Waals surface area contributed by atoms with Gasteiger partial charge in [-0.1, -0.05) is 6.07 Å². The summed E-state index contributed by atoms with van der Waals surface area (Å²) in [6.07, 6.45) is 4.54. The number of hydrogen-bond acceptors (Lipinski definition) is 6. The number of carbonyl (C=O) groups is 1. The number of imidazole rings is 1. The fourth-order valence-corrected chi connectivity index (χ4v) is 5.03. The average Bonchev–Trinajstić information content (AvgIpc) is 3.13. The predicted molar refractivity (Wildman–Crippen MR) is 126 cm³/mol. The Hall–Kier alpha value is -2.82. The first-order valence-corrected chi connectivity index (χ1v) is 12.5. The minimum Gasteiger partial charge on any atom is -0.340 e. The summed E-state index contributed by atoms with van der Waals surface area (Å²) < 4.78 is 28.0. The van der Waals surface area contributed by atoms with Crippen LogP contribution in [0.15, 0.2) is 47.6 Å². The molecule has 3 aromatic rings. The molecule has 10 heteroatoms. The van der Waals surface area contributed by atoms with Gasteiger partial charge in [0.2, 0.25) is 15.9 Å². The normalized spacial score (nSPS) is 15.5. The van der Waals surface area contributed by atoms with E-state index >= 15 is 0 Å². The van der Waals surface area contributed by atoms with Crippen LogP contribution in [-0.2, 0) is 34.8 Å². The number of carbonyl (C=O) groups excluding carboxylic acids is 1. The van der Waals surface area contributed by atoms with Crippen LogP contribution in [0, 0.1) is 0 Å². The van der Waals surface area contributed by atoms with Gasteiger partial charge in [0.25, 0.3) is 0 Å². The van der Waals surface area contributed by atoms with Crippen molar-refractivity contribution in [2.24, 2.45) is 7.05 Å². The Morgan fingerprint density at radius 2 is 1.88 bits per heavy atom. The van der Waals surface area contributed by atoms with Gasteiger partial charge in [0.1, 0.15) is 5.82 Å². The Morgan fingerprint density at radius 1 is 1.12 bits per heavy atom. The molecular weight excluding hydrogens is 440 g/mol. The molecule has 9 nitrogen and oxygen atoms in total. The van der Waals surface area contributed by atoms with Crippen molar-refractivity contribution >= 4 is 27.0 Å². The fourth-order valence-electron chi connectivity index (χ4n) is 4.11. The van der Waals surface area contributed by atoms with Crippen LogP contribution in [0.1, 0.15) is 17.8 Å². The third kappa shape index (κ3) is 5.07.